The number of rotatable bonds is 8. The summed E-state index contributed by atoms with van der Waals surface area (Å²) in [5.74, 6) is -0.992. The zero-order chi connectivity index (χ0) is 21.2. The van der Waals surface area contributed by atoms with Crippen LogP contribution in [0.3, 0.4) is 0 Å². The summed E-state index contributed by atoms with van der Waals surface area (Å²) in [4.78, 5) is 26.8. The molecule has 0 fully saturated rings. The number of carbonyl (C=O) groups is 2. The lowest BCUT2D eigenvalue weighted by molar-refractivity contribution is -0.121. The van der Waals surface area contributed by atoms with Gasteiger partial charge in [-0.15, -0.1) is 0 Å². The van der Waals surface area contributed by atoms with Gasteiger partial charge in [0.05, 0.1) is 23.7 Å². The number of anilines is 3. The van der Waals surface area contributed by atoms with E-state index in [1.54, 1.807) is 42.5 Å². The Morgan fingerprint density at radius 1 is 0.900 bits per heavy atom. The van der Waals surface area contributed by atoms with Gasteiger partial charge >= 0.3 is 5.97 Å². The average Bonchev–Trinajstić information content (AvgIpc) is 2.79. The van der Waals surface area contributed by atoms with Crippen LogP contribution in [0.4, 0.5) is 17.1 Å². The van der Waals surface area contributed by atoms with Gasteiger partial charge in [-0.3, -0.25) is 4.79 Å². The van der Waals surface area contributed by atoms with Crippen molar-refractivity contribution in [1.29, 1.82) is 5.26 Å². The largest absolute Gasteiger partial charge is 0.452 e. The van der Waals surface area contributed by atoms with Gasteiger partial charge < -0.3 is 15.0 Å². The molecule has 0 saturated heterocycles. The second kappa shape index (κ2) is 10.4. The van der Waals surface area contributed by atoms with Crippen molar-refractivity contribution in [1.82, 2.24) is 0 Å². The van der Waals surface area contributed by atoms with Gasteiger partial charge in [0.25, 0.3) is 5.91 Å². The number of hydrogen-bond acceptors (Lipinski definition) is 5. The summed E-state index contributed by atoms with van der Waals surface area (Å²) < 4.78 is 5.30. The molecule has 3 rings (SSSR count). The third-order valence-electron chi connectivity index (χ3n) is 4.34. The molecule has 0 radical (unpaired) electrons. The van der Waals surface area contributed by atoms with E-state index in [-0.39, 0.29) is 13.0 Å². The third-order valence-corrected chi connectivity index (χ3v) is 4.34. The number of benzene rings is 3. The highest BCUT2D eigenvalue weighted by Crippen LogP contribution is 2.21. The molecule has 0 atom stereocenters. The number of amides is 1. The molecule has 150 valence electrons. The van der Waals surface area contributed by atoms with Crippen LogP contribution in [-0.4, -0.2) is 25.0 Å². The maximum absolute atomic E-state index is 12.7. The Morgan fingerprint density at radius 2 is 1.53 bits per heavy atom. The van der Waals surface area contributed by atoms with Crippen LogP contribution in [0.5, 0.6) is 0 Å². The number of nitrogens with one attached hydrogen (secondary N) is 1. The summed E-state index contributed by atoms with van der Waals surface area (Å²) in [7, 11) is 0. The van der Waals surface area contributed by atoms with Crippen LogP contribution in [0.15, 0.2) is 84.9 Å². The van der Waals surface area contributed by atoms with Crippen LogP contribution in [0.2, 0.25) is 0 Å². The van der Waals surface area contributed by atoms with Crippen LogP contribution < -0.4 is 10.2 Å². The van der Waals surface area contributed by atoms with E-state index in [2.05, 4.69) is 5.32 Å². The standard InChI is InChI=1S/C24H21N3O3/c25-16-9-17-27(20-12-5-2-6-13-20)23(28)18-30-24(29)21-14-7-8-15-22(21)26-19-10-3-1-4-11-19/h1-8,10-15,26H,9,17-18H2. The zero-order valence-electron chi connectivity index (χ0n) is 16.3. The maximum Gasteiger partial charge on any atom is 0.340 e. The molecule has 0 aromatic heterocycles. The highest BCUT2D eigenvalue weighted by molar-refractivity contribution is 5.99. The van der Waals surface area contributed by atoms with E-state index >= 15 is 0 Å². The predicted molar refractivity (Wildman–Crippen MR) is 115 cm³/mol. The van der Waals surface area contributed by atoms with Crippen molar-refractivity contribution in [3.8, 4) is 6.07 Å². The Hall–Kier alpha value is -4.11. The van der Waals surface area contributed by atoms with Gasteiger partial charge in [-0.2, -0.15) is 5.26 Å². The van der Waals surface area contributed by atoms with Gasteiger partial charge in [0, 0.05) is 17.9 Å². The number of ether oxygens (including phenoxy) is 1. The normalized spacial score (nSPS) is 9.97. The van der Waals surface area contributed by atoms with Gasteiger partial charge in [0.1, 0.15) is 0 Å². The van der Waals surface area contributed by atoms with E-state index in [0.717, 1.165) is 5.69 Å². The highest BCUT2D eigenvalue weighted by atomic mass is 16.5. The molecule has 1 amide bonds. The molecule has 0 saturated carbocycles. The molecular weight excluding hydrogens is 378 g/mol. The van der Waals surface area contributed by atoms with E-state index in [1.165, 1.54) is 4.90 Å². The lowest BCUT2D eigenvalue weighted by Crippen LogP contribution is -2.35. The molecule has 0 bridgehead atoms. The molecule has 30 heavy (non-hydrogen) atoms. The Bertz CT molecular complexity index is 1030. The number of esters is 1. The van der Waals surface area contributed by atoms with E-state index < -0.39 is 18.5 Å². The first-order valence-electron chi connectivity index (χ1n) is 9.49. The fourth-order valence-corrected chi connectivity index (χ4v) is 2.90. The molecule has 6 nitrogen and oxygen atoms in total. The van der Waals surface area contributed by atoms with Crippen molar-refractivity contribution in [2.75, 3.05) is 23.4 Å². The quantitative estimate of drug-likeness (QED) is 0.563. The molecule has 0 aliphatic rings. The second-order valence-electron chi connectivity index (χ2n) is 6.40. The number of hydrogen-bond donors (Lipinski definition) is 1. The summed E-state index contributed by atoms with van der Waals surface area (Å²) >= 11 is 0. The van der Waals surface area contributed by atoms with E-state index in [0.29, 0.717) is 16.9 Å². The Morgan fingerprint density at radius 3 is 2.23 bits per heavy atom. The fraction of sp³-hybridized carbons (Fsp3) is 0.125. The second-order valence-corrected chi connectivity index (χ2v) is 6.40. The van der Waals surface area contributed by atoms with Crippen LogP contribution in [0.25, 0.3) is 0 Å². The number of carbonyl (C=O) groups excluding carboxylic acids is 2. The predicted octanol–water partition coefficient (Wildman–Crippen LogP) is 4.53. The molecule has 0 aliphatic heterocycles. The lowest BCUT2D eigenvalue weighted by Gasteiger charge is -2.21. The van der Waals surface area contributed by atoms with Gasteiger partial charge in [0.2, 0.25) is 0 Å². The monoisotopic (exact) mass is 399 g/mol. The third kappa shape index (κ3) is 5.46. The van der Waals surface area contributed by atoms with E-state index in [4.69, 9.17) is 10.00 Å². The first kappa shape index (κ1) is 20.6. The molecule has 3 aromatic rings. The van der Waals surface area contributed by atoms with Crippen molar-refractivity contribution in [2.45, 2.75) is 6.42 Å². The Labute approximate surface area is 175 Å². The Kier molecular flexibility index (Phi) is 7.17. The molecule has 0 spiro atoms. The number of nitrogens with zero attached hydrogens (tertiary/aromatic N) is 2. The smallest absolute Gasteiger partial charge is 0.340 e. The molecule has 0 aliphatic carbocycles. The van der Waals surface area contributed by atoms with E-state index in [9.17, 15) is 9.59 Å². The molecule has 3 aromatic carbocycles. The highest BCUT2D eigenvalue weighted by Gasteiger charge is 2.19. The molecule has 0 unspecified atom stereocenters. The number of para-hydroxylation sites is 3. The maximum atomic E-state index is 12.7. The van der Waals surface area contributed by atoms with Gasteiger partial charge in [0.15, 0.2) is 6.61 Å². The molecule has 0 heterocycles. The van der Waals surface area contributed by atoms with Crippen molar-refractivity contribution >= 4 is 28.9 Å². The molecule has 6 heteroatoms. The van der Waals surface area contributed by atoms with Crippen LogP contribution in [0, 0.1) is 11.3 Å². The minimum absolute atomic E-state index is 0.179. The van der Waals surface area contributed by atoms with Gasteiger partial charge in [-0.25, -0.2) is 4.79 Å². The van der Waals surface area contributed by atoms with Crippen LogP contribution >= 0.6 is 0 Å². The minimum atomic E-state index is -0.601. The topological polar surface area (TPSA) is 82.4 Å². The number of nitriles is 1. The molecular formula is C24H21N3O3. The van der Waals surface area contributed by atoms with Gasteiger partial charge in [-0.1, -0.05) is 48.5 Å². The lowest BCUT2D eigenvalue weighted by atomic mass is 10.1. The first-order valence-corrected chi connectivity index (χ1v) is 9.49. The SMILES string of the molecule is N#CCCN(C(=O)COC(=O)c1ccccc1Nc1ccccc1)c1ccccc1. The van der Waals surface area contributed by atoms with Crippen LogP contribution in [-0.2, 0) is 9.53 Å². The first-order chi connectivity index (χ1) is 14.7. The van der Waals surface area contributed by atoms with E-state index in [1.807, 2.05) is 48.5 Å². The summed E-state index contributed by atoms with van der Waals surface area (Å²) in [6, 6.07) is 27.5. The van der Waals surface area contributed by atoms with Crippen LogP contribution in [0.1, 0.15) is 16.8 Å². The summed E-state index contributed by atoms with van der Waals surface area (Å²) in [5, 5.41) is 12.1. The van der Waals surface area contributed by atoms with Crippen molar-refractivity contribution in [2.24, 2.45) is 0 Å². The van der Waals surface area contributed by atoms with Crippen molar-refractivity contribution < 1.29 is 14.3 Å². The summed E-state index contributed by atoms with van der Waals surface area (Å²) in [6.45, 7) is -0.193. The summed E-state index contributed by atoms with van der Waals surface area (Å²) in [6.07, 6.45) is 0.179. The minimum Gasteiger partial charge on any atom is -0.452 e. The van der Waals surface area contributed by atoms with Crippen molar-refractivity contribution in [3.63, 3.8) is 0 Å². The fourth-order valence-electron chi connectivity index (χ4n) is 2.90. The average molecular weight is 399 g/mol. The van der Waals surface area contributed by atoms with Gasteiger partial charge in [-0.05, 0) is 36.4 Å². The molecule has 1 N–H and O–H groups in total. The van der Waals surface area contributed by atoms with Crippen molar-refractivity contribution in [3.05, 3.63) is 90.5 Å². The summed E-state index contributed by atoms with van der Waals surface area (Å²) in [5.41, 5.74) is 2.41. The Balaban J connectivity index is 1.69. The zero-order valence-corrected chi connectivity index (χ0v) is 16.3.